The molecule has 150 valence electrons. The Morgan fingerprint density at radius 3 is 2.59 bits per heavy atom. The van der Waals surface area contributed by atoms with Crippen LogP contribution in [0.3, 0.4) is 0 Å². The van der Waals surface area contributed by atoms with E-state index < -0.39 is 0 Å². The van der Waals surface area contributed by atoms with Crippen molar-refractivity contribution in [3.05, 3.63) is 64.2 Å². The van der Waals surface area contributed by atoms with Crippen LogP contribution in [0.25, 0.3) is 10.9 Å². The van der Waals surface area contributed by atoms with E-state index in [9.17, 15) is 9.59 Å². The number of hydrogen-bond donors (Lipinski definition) is 1. The zero-order valence-electron chi connectivity index (χ0n) is 16.3. The SMILES string of the molecule is CN(CCc1ccncc1)C(=O)CCc1cc2cc3c(cc2[nH]c1=O)OCCO3. The molecule has 1 N–H and O–H groups in total. The van der Waals surface area contributed by atoms with Gasteiger partial charge in [0.1, 0.15) is 13.2 Å². The molecule has 3 aromatic rings. The highest BCUT2D eigenvalue weighted by atomic mass is 16.6. The number of aromatic nitrogens is 2. The molecule has 0 saturated carbocycles. The molecule has 7 heteroatoms. The Hall–Kier alpha value is -3.35. The molecule has 1 amide bonds. The summed E-state index contributed by atoms with van der Waals surface area (Å²) in [4.78, 5) is 33.5. The van der Waals surface area contributed by atoms with Crippen molar-refractivity contribution in [1.29, 1.82) is 0 Å². The molecule has 2 aromatic heterocycles. The number of carbonyl (C=O) groups excluding carboxylic acids is 1. The molecule has 0 unspecified atom stereocenters. The molecule has 0 radical (unpaired) electrons. The Kier molecular flexibility index (Phi) is 5.46. The Bertz CT molecular complexity index is 1080. The summed E-state index contributed by atoms with van der Waals surface area (Å²) in [6.07, 6.45) is 4.94. The molecule has 0 spiro atoms. The summed E-state index contributed by atoms with van der Waals surface area (Å²) >= 11 is 0. The lowest BCUT2D eigenvalue weighted by molar-refractivity contribution is -0.129. The molecular formula is C22H23N3O4. The molecule has 0 fully saturated rings. The van der Waals surface area contributed by atoms with E-state index in [2.05, 4.69) is 9.97 Å². The van der Waals surface area contributed by atoms with Crippen LogP contribution in [0.5, 0.6) is 11.5 Å². The van der Waals surface area contributed by atoms with Gasteiger partial charge in [-0.1, -0.05) is 0 Å². The minimum atomic E-state index is -0.179. The number of aromatic amines is 1. The quantitative estimate of drug-likeness (QED) is 0.695. The van der Waals surface area contributed by atoms with E-state index in [0.717, 1.165) is 17.4 Å². The molecule has 1 aliphatic rings. The van der Waals surface area contributed by atoms with Gasteiger partial charge in [-0.3, -0.25) is 14.6 Å². The van der Waals surface area contributed by atoms with E-state index in [-0.39, 0.29) is 17.9 Å². The molecule has 0 bridgehead atoms. The molecule has 7 nitrogen and oxygen atoms in total. The fourth-order valence-corrected chi connectivity index (χ4v) is 3.38. The highest BCUT2D eigenvalue weighted by Gasteiger charge is 2.15. The van der Waals surface area contributed by atoms with Crippen molar-refractivity contribution >= 4 is 16.8 Å². The number of aryl methyl sites for hydroxylation is 1. The molecule has 3 heterocycles. The van der Waals surface area contributed by atoms with Crippen LogP contribution in [0.15, 0.2) is 47.5 Å². The minimum Gasteiger partial charge on any atom is -0.486 e. The normalized spacial score (nSPS) is 12.7. The van der Waals surface area contributed by atoms with Crippen molar-refractivity contribution in [2.45, 2.75) is 19.3 Å². The van der Waals surface area contributed by atoms with Crippen LogP contribution < -0.4 is 15.0 Å². The first-order chi connectivity index (χ1) is 14.1. The molecule has 0 aliphatic carbocycles. The third-order valence-electron chi connectivity index (χ3n) is 5.10. The van der Waals surface area contributed by atoms with Gasteiger partial charge in [0.15, 0.2) is 11.5 Å². The number of benzene rings is 1. The number of amides is 1. The van der Waals surface area contributed by atoms with Crippen LogP contribution in [-0.2, 0) is 17.6 Å². The average molecular weight is 393 g/mol. The van der Waals surface area contributed by atoms with Gasteiger partial charge in [0, 0.05) is 49.4 Å². The number of nitrogens with one attached hydrogen (secondary N) is 1. The number of pyridine rings is 2. The van der Waals surface area contributed by atoms with E-state index in [1.54, 1.807) is 30.4 Å². The molecular weight excluding hydrogens is 370 g/mol. The number of H-pyrrole nitrogens is 1. The molecule has 4 rings (SSSR count). The topological polar surface area (TPSA) is 84.5 Å². The van der Waals surface area contributed by atoms with Crippen LogP contribution in [0.1, 0.15) is 17.5 Å². The van der Waals surface area contributed by atoms with Crippen molar-refractivity contribution in [3.8, 4) is 11.5 Å². The van der Waals surface area contributed by atoms with E-state index >= 15 is 0 Å². The zero-order chi connectivity index (χ0) is 20.2. The highest BCUT2D eigenvalue weighted by molar-refractivity contribution is 5.83. The van der Waals surface area contributed by atoms with Gasteiger partial charge in [0.2, 0.25) is 5.91 Å². The summed E-state index contributed by atoms with van der Waals surface area (Å²) < 4.78 is 11.2. The lowest BCUT2D eigenvalue weighted by Crippen LogP contribution is -2.29. The van der Waals surface area contributed by atoms with E-state index in [1.165, 1.54) is 0 Å². The second-order valence-electron chi connectivity index (χ2n) is 7.13. The van der Waals surface area contributed by atoms with Crippen LogP contribution >= 0.6 is 0 Å². The highest BCUT2D eigenvalue weighted by Crippen LogP contribution is 2.33. The van der Waals surface area contributed by atoms with Crippen molar-refractivity contribution in [1.82, 2.24) is 14.9 Å². The fourth-order valence-electron chi connectivity index (χ4n) is 3.38. The molecule has 0 saturated heterocycles. The smallest absolute Gasteiger partial charge is 0.251 e. The zero-order valence-corrected chi connectivity index (χ0v) is 16.3. The number of likely N-dealkylation sites (N-methyl/N-ethyl adjacent to an activating group) is 1. The Balaban J connectivity index is 1.41. The fraction of sp³-hybridized carbons (Fsp3) is 0.318. The van der Waals surface area contributed by atoms with E-state index in [0.29, 0.717) is 48.8 Å². The summed E-state index contributed by atoms with van der Waals surface area (Å²) in [6, 6.07) is 9.37. The number of carbonyl (C=O) groups is 1. The van der Waals surface area contributed by atoms with Gasteiger partial charge in [0.25, 0.3) is 5.56 Å². The van der Waals surface area contributed by atoms with E-state index in [4.69, 9.17) is 9.47 Å². The largest absolute Gasteiger partial charge is 0.486 e. The lowest BCUT2D eigenvalue weighted by atomic mass is 10.1. The number of nitrogens with zero attached hydrogens (tertiary/aromatic N) is 2. The van der Waals surface area contributed by atoms with Crippen LogP contribution in [-0.4, -0.2) is 47.6 Å². The molecule has 1 aliphatic heterocycles. The molecule has 29 heavy (non-hydrogen) atoms. The maximum Gasteiger partial charge on any atom is 0.251 e. The second kappa shape index (κ2) is 8.34. The van der Waals surface area contributed by atoms with Crippen molar-refractivity contribution in [3.63, 3.8) is 0 Å². The van der Waals surface area contributed by atoms with Crippen LogP contribution in [0, 0.1) is 0 Å². The third-order valence-corrected chi connectivity index (χ3v) is 5.10. The molecule has 1 aromatic carbocycles. The Labute approximate surface area is 168 Å². The van der Waals surface area contributed by atoms with Gasteiger partial charge < -0.3 is 19.4 Å². The summed E-state index contributed by atoms with van der Waals surface area (Å²) in [5.74, 6) is 1.33. The Morgan fingerprint density at radius 1 is 1.10 bits per heavy atom. The average Bonchev–Trinajstić information content (AvgIpc) is 2.75. The van der Waals surface area contributed by atoms with Crippen LogP contribution in [0.4, 0.5) is 0 Å². The maximum atomic E-state index is 12.5. The van der Waals surface area contributed by atoms with Gasteiger partial charge in [0.05, 0.1) is 5.52 Å². The lowest BCUT2D eigenvalue weighted by Gasteiger charge is -2.19. The number of ether oxygens (including phenoxy) is 2. The standard InChI is InChI=1S/C22H23N3O4/c1-25(9-6-15-4-7-23-8-5-15)21(26)3-2-16-12-17-13-19-20(29-11-10-28-19)14-18(17)24-22(16)27/h4-5,7-8,12-14H,2-3,6,9-11H2,1H3,(H,24,27). The van der Waals surface area contributed by atoms with Gasteiger partial charge >= 0.3 is 0 Å². The van der Waals surface area contributed by atoms with Gasteiger partial charge in [-0.2, -0.15) is 0 Å². The second-order valence-corrected chi connectivity index (χ2v) is 7.13. The Morgan fingerprint density at radius 2 is 1.83 bits per heavy atom. The first-order valence-corrected chi connectivity index (χ1v) is 9.68. The summed E-state index contributed by atoms with van der Waals surface area (Å²) in [7, 11) is 1.79. The number of hydrogen-bond acceptors (Lipinski definition) is 5. The molecule has 0 atom stereocenters. The maximum absolute atomic E-state index is 12.5. The summed E-state index contributed by atoms with van der Waals surface area (Å²) in [5.41, 5.74) is 2.25. The van der Waals surface area contributed by atoms with Crippen molar-refractivity contribution in [2.75, 3.05) is 26.8 Å². The minimum absolute atomic E-state index is 0.0146. The summed E-state index contributed by atoms with van der Waals surface area (Å²) in [6.45, 7) is 1.63. The van der Waals surface area contributed by atoms with Gasteiger partial charge in [-0.05, 0) is 42.7 Å². The van der Waals surface area contributed by atoms with Crippen LogP contribution in [0.2, 0.25) is 0 Å². The predicted molar refractivity (Wildman–Crippen MR) is 109 cm³/mol. The third kappa shape index (κ3) is 4.39. The monoisotopic (exact) mass is 393 g/mol. The summed E-state index contributed by atoms with van der Waals surface area (Å²) in [5, 5.41) is 0.863. The number of rotatable bonds is 6. The van der Waals surface area contributed by atoms with Gasteiger partial charge in [-0.15, -0.1) is 0 Å². The first kappa shape index (κ1) is 19.0. The van der Waals surface area contributed by atoms with Crippen molar-refractivity contribution < 1.29 is 14.3 Å². The first-order valence-electron chi connectivity index (χ1n) is 9.68. The van der Waals surface area contributed by atoms with E-state index in [1.807, 2.05) is 24.3 Å². The van der Waals surface area contributed by atoms with Crippen molar-refractivity contribution in [2.24, 2.45) is 0 Å². The predicted octanol–water partition coefficient (Wildman–Crippen LogP) is 2.33. The number of fused-ring (bicyclic) bond motifs is 2. The van der Waals surface area contributed by atoms with Gasteiger partial charge in [-0.25, -0.2) is 0 Å².